The molecule has 0 heterocycles. The summed E-state index contributed by atoms with van der Waals surface area (Å²) in [6, 6.07) is 31.0. The van der Waals surface area contributed by atoms with E-state index < -0.39 is 0 Å². The van der Waals surface area contributed by atoms with E-state index in [9.17, 15) is 0 Å². The predicted molar refractivity (Wildman–Crippen MR) is 97.3 cm³/mol. The van der Waals surface area contributed by atoms with Crippen molar-refractivity contribution in [3.05, 3.63) is 96.1 Å². The Hall–Kier alpha value is -2.54. The second-order valence-electron chi connectivity index (χ2n) is 6.23. The van der Waals surface area contributed by atoms with Gasteiger partial charge in [0.1, 0.15) is 0 Å². The van der Waals surface area contributed by atoms with Crippen molar-refractivity contribution in [1.82, 2.24) is 0 Å². The third-order valence-electron chi connectivity index (χ3n) is 4.43. The van der Waals surface area contributed by atoms with E-state index in [1.54, 1.807) is 0 Å². The third kappa shape index (κ3) is 3.14. The highest BCUT2D eigenvalue weighted by molar-refractivity contribution is 5.68. The van der Waals surface area contributed by atoms with Crippen LogP contribution >= 0.6 is 0 Å². The first kappa shape index (κ1) is 14.1. The van der Waals surface area contributed by atoms with Crippen LogP contribution in [0.5, 0.6) is 0 Å². The van der Waals surface area contributed by atoms with Gasteiger partial charge in [0.2, 0.25) is 0 Å². The Morgan fingerprint density at radius 3 is 2.00 bits per heavy atom. The Balaban J connectivity index is 1.72. The van der Waals surface area contributed by atoms with E-state index in [1.807, 2.05) is 0 Å². The first-order chi connectivity index (χ1) is 11.4. The monoisotopic (exact) mass is 299 g/mol. The van der Waals surface area contributed by atoms with Crippen molar-refractivity contribution < 1.29 is 0 Å². The minimum Gasteiger partial charge on any atom is -0.338 e. The third-order valence-corrected chi connectivity index (χ3v) is 4.43. The number of para-hydroxylation sites is 2. The summed E-state index contributed by atoms with van der Waals surface area (Å²) in [4.78, 5) is 2.53. The summed E-state index contributed by atoms with van der Waals surface area (Å²) < 4.78 is 0. The molecule has 0 saturated heterocycles. The van der Waals surface area contributed by atoms with Crippen LogP contribution in [0.15, 0.2) is 84.9 Å². The molecule has 1 fully saturated rings. The lowest BCUT2D eigenvalue weighted by molar-refractivity contribution is 0.956. The molecule has 0 atom stereocenters. The van der Waals surface area contributed by atoms with Crippen molar-refractivity contribution in [2.24, 2.45) is 0 Å². The van der Waals surface area contributed by atoms with Crippen molar-refractivity contribution in [3.63, 3.8) is 0 Å². The van der Waals surface area contributed by atoms with Crippen LogP contribution in [0.25, 0.3) is 0 Å². The molecule has 0 N–H and O–H groups in total. The fourth-order valence-electron chi connectivity index (χ4n) is 3.18. The van der Waals surface area contributed by atoms with E-state index in [-0.39, 0.29) is 0 Å². The Labute approximate surface area is 138 Å². The molecule has 0 radical (unpaired) electrons. The first-order valence-electron chi connectivity index (χ1n) is 8.38. The Morgan fingerprint density at radius 1 is 0.696 bits per heavy atom. The Bertz CT molecular complexity index is 760. The zero-order valence-corrected chi connectivity index (χ0v) is 13.2. The molecule has 0 amide bonds. The molecule has 0 unspecified atom stereocenters. The predicted octanol–water partition coefficient (Wildman–Crippen LogP) is 5.58. The number of hydrogen-bond acceptors (Lipinski definition) is 1. The lowest BCUT2D eigenvalue weighted by atomic mass is 10.0. The summed E-state index contributed by atoms with van der Waals surface area (Å²) in [6.45, 7) is 0. The smallest absolute Gasteiger partial charge is 0.0449 e. The van der Waals surface area contributed by atoms with Crippen molar-refractivity contribution in [2.45, 2.75) is 25.3 Å². The molecule has 3 aromatic carbocycles. The van der Waals surface area contributed by atoms with Gasteiger partial charge in [-0.05, 0) is 48.6 Å². The number of nitrogens with zero attached hydrogens (tertiary/aromatic N) is 1. The molecule has 1 heteroatoms. The van der Waals surface area contributed by atoms with Gasteiger partial charge in [-0.3, -0.25) is 0 Å². The molecule has 23 heavy (non-hydrogen) atoms. The van der Waals surface area contributed by atoms with Gasteiger partial charge in [-0.15, -0.1) is 0 Å². The van der Waals surface area contributed by atoms with Gasteiger partial charge in [-0.1, -0.05) is 66.7 Å². The van der Waals surface area contributed by atoms with Gasteiger partial charge < -0.3 is 4.90 Å². The van der Waals surface area contributed by atoms with Crippen molar-refractivity contribution >= 4 is 11.4 Å². The van der Waals surface area contributed by atoms with Crippen LogP contribution in [0, 0.1) is 0 Å². The van der Waals surface area contributed by atoms with Gasteiger partial charge >= 0.3 is 0 Å². The summed E-state index contributed by atoms with van der Waals surface area (Å²) in [6.07, 6.45) is 3.55. The summed E-state index contributed by atoms with van der Waals surface area (Å²) >= 11 is 0. The molecule has 0 bridgehead atoms. The van der Waals surface area contributed by atoms with Gasteiger partial charge in [0.15, 0.2) is 0 Å². The number of hydrogen-bond donors (Lipinski definition) is 0. The molecule has 0 aromatic heterocycles. The summed E-state index contributed by atoms with van der Waals surface area (Å²) in [5.41, 5.74) is 5.42. The average molecular weight is 299 g/mol. The van der Waals surface area contributed by atoms with Crippen LogP contribution in [0.4, 0.5) is 11.4 Å². The van der Waals surface area contributed by atoms with E-state index in [2.05, 4.69) is 89.8 Å². The summed E-state index contributed by atoms with van der Waals surface area (Å²) in [5, 5.41) is 0. The van der Waals surface area contributed by atoms with Gasteiger partial charge in [0.05, 0.1) is 0 Å². The van der Waals surface area contributed by atoms with Gasteiger partial charge in [0, 0.05) is 17.4 Å². The maximum absolute atomic E-state index is 2.53. The fourth-order valence-corrected chi connectivity index (χ4v) is 3.18. The summed E-state index contributed by atoms with van der Waals surface area (Å²) in [5.74, 6) is 0. The molecule has 3 aromatic rings. The quantitative estimate of drug-likeness (QED) is 0.594. The van der Waals surface area contributed by atoms with Crippen molar-refractivity contribution in [1.29, 1.82) is 0 Å². The molecule has 1 aliphatic carbocycles. The molecular formula is C22H21N. The van der Waals surface area contributed by atoms with Crippen LogP contribution in [0.3, 0.4) is 0 Å². The number of benzene rings is 3. The molecule has 1 nitrogen and oxygen atoms in total. The Morgan fingerprint density at radius 2 is 1.30 bits per heavy atom. The fraction of sp³-hybridized carbons (Fsp3) is 0.182. The maximum Gasteiger partial charge on any atom is 0.0449 e. The van der Waals surface area contributed by atoms with E-state index in [0.29, 0.717) is 6.04 Å². The largest absolute Gasteiger partial charge is 0.338 e. The molecule has 1 saturated carbocycles. The van der Waals surface area contributed by atoms with Crippen LogP contribution in [0.1, 0.15) is 24.0 Å². The van der Waals surface area contributed by atoms with Gasteiger partial charge in [-0.25, -0.2) is 0 Å². The summed E-state index contributed by atoms with van der Waals surface area (Å²) in [7, 11) is 0. The lowest BCUT2D eigenvalue weighted by Gasteiger charge is -2.27. The highest BCUT2D eigenvalue weighted by atomic mass is 15.2. The second-order valence-corrected chi connectivity index (χ2v) is 6.23. The second kappa shape index (κ2) is 6.29. The minimum absolute atomic E-state index is 0.648. The van der Waals surface area contributed by atoms with Crippen molar-refractivity contribution in [2.75, 3.05) is 4.90 Å². The molecule has 114 valence electrons. The Kier molecular flexibility index (Phi) is 3.85. The number of anilines is 2. The van der Waals surface area contributed by atoms with E-state index in [4.69, 9.17) is 0 Å². The molecule has 1 aliphatic rings. The van der Waals surface area contributed by atoms with Crippen molar-refractivity contribution in [3.8, 4) is 0 Å². The van der Waals surface area contributed by atoms with Crippen LogP contribution < -0.4 is 4.90 Å². The first-order valence-corrected chi connectivity index (χ1v) is 8.38. The van der Waals surface area contributed by atoms with Crippen LogP contribution in [0.2, 0.25) is 0 Å². The van der Waals surface area contributed by atoms with Gasteiger partial charge in [0.25, 0.3) is 0 Å². The normalized spacial score (nSPS) is 13.7. The zero-order chi connectivity index (χ0) is 15.5. The molecule has 0 aliphatic heterocycles. The molecule has 0 spiro atoms. The van der Waals surface area contributed by atoms with Crippen LogP contribution in [-0.2, 0) is 6.42 Å². The topological polar surface area (TPSA) is 3.24 Å². The van der Waals surface area contributed by atoms with Crippen LogP contribution in [-0.4, -0.2) is 6.04 Å². The van der Waals surface area contributed by atoms with Gasteiger partial charge in [-0.2, -0.15) is 0 Å². The zero-order valence-electron chi connectivity index (χ0n) is 13.2. The highest BCUT2D eigenvalue weighted by Crippen LogP contribution is 2.40. The van der Waals surface area contributed by atoms with E-state index >= 15 is 0 Å². The minimum atomic E-state index is 0.648. The SMILES string of the molecule is c1ccc(Cc2ccccc2N(c2ccccc2)C2CC2)cc1. The molecular weight excluding hydrogens is 278 g/mol. The van der Waals surface area contributed by atoms with E-state index in [1.165, 1.54) is 35.3 Å². The maximum atomic E-state index is 2.53. The molecule has 4 rings (SSSR count). The highest BCUT2D eigenvalue weighted by Gasteiger charge is 2.31. The lowest BCUT2D eigenvalue weighted by Crippen LogP contribution is -2.20. The van der Waals surface area contributed by atoms with E-state index in [0.717, 1.165) is 6.42 Å². The standard InChI is InChI=1S/C22H21N/c1-3-9-18(10-4-1)17-19-11-7-8-14-22(19)23(21-15-16-21)20-12-5-2-6-13-20/h1-14,21H,15-17H2. The number of rotatable bonds is 5. The average Bonchev–Trinajstić information content (AvgIpc) is 3.44.